The Balaban J connectivity index is 2.24. The van der Waals surface area contributed by atoms with E-state index in [0.29, 0.717) is 16.9 Å². The maximum atomic E-state index is 13.6. The Morgan fingerprint density at radius 2 is 1.95 bits per heavy atom. The first-order valence-corrected chi connectivity index (χ1v) is 6.18. The quantitative estimate of drug-likeness (QED) is 0.701. The third kappa shape index (κ3) is 2.14. The Kier molecular flexibility index (Phi) is 2.95. The second-order valence-electron chi connectivity index (χ2n) is 4.60. The van der Waals surface area contributed by atoms with Crippen LogP contribution in [-0.2, 0) is 0 Å². The summed E-state index contributed by atoms with van der Waals surface area (Å²) in [5.41, 5.74) is 10.4. The number of nitrogens with one attached hydrogen (secondary N) is 1. The highest BCUT2D eigenvalue weighted by molar-refractivity contribution is 5.83. The molecule has 0 fully saturated rings. The van der Waals surface area contributed by atoms with Crippen molar-refractivity contribution in [3.63, 3.8) is 0 Å². The molecular weight excluding hydrogens is 255 g/mol. The number of aromatic amines is 1. The van der Waals surface area contributed by atoms with E-state index in [4.69, 9.17) is 5.73 Å². The third-order valence-corrected chi connectivity index (χ3v) is 3.16. The van der Waals surface area contributed by atoms with Gasteiger partial charge in [0.25, 0.3) is 0 Å². The minimum atomic E-state index is -0.310. The number of aryl methyl sites for hydroxylation is 1. The lowest BCUT2D eigenvalue weighted by atomic mass is 9.96. The van der Waals surface area contributed by atoms with Gasteiger partial charge >= 0.3 is 0 Å². The summed E-state index contributed by atoms with van der Waals surface area (Å²) in [6.45, 7) is 1.85. The van der Waals surface area contributed by atoms with E-state index in [0.717, 1.165) is 16.8 Å². The van der Waals surface area contributed by atoms with Crippen LogP contribution in [-0.4, -0.2) is 15.4 Å². The van der Waals surface area contributed by atoms with Crippen LogP contribution in [0.25, 0.3) is 22.4 Å². The normalized spacial score (nSPS) is 10.7. The number of H-pyrrole nitrogens is 1. The molecule has 0 aliphatic carbocycles. The summed E-state index contributed by atoms with van der Waals surface area (Å²) >= 11 is 0. The maximum Gasteiger partial charge on any atom is 0.123 e. The summed E-state index contributed by atoms with van der Waals surface area (Å²) in [6.07, 6.45) is 0. The summed E-state index contributed by atoms with van der Waals surface area (Å²) < 4.78 is 13.6. The van der Waals surface area contributed by atoms with Crippen molar-refractivity contribution in [2.24, 2.45) is 0 Å². The topological polar surface area (TPSA) is 67.6 Å². The fourth-order valence-corrected chi connectivity index (χ4v) is 2.20. The van der Waals surface area contributed by atoms with Gasteiger partial charge in [0.05, 0.1) is 5.69 Å². The van der Waals surface area contributed by atoms with E-state index >= 15 is 0 Å². The smallest absolute Gasteiger partial charge is 0.123 e. The summed E-state index contributed by atoms with van der Waals surface area (Å²) in [5.74, 6) is -0.310. The fourth-order valence-electron chi connectivity index (χ4n) is 2.20. The fraction of sp³-hybridized carbons (Fsp3) is 0.0667. The number of nitrogens with two attached hydrogens (primary N) is 1. The average Bonchev–Trinajstić information content (AvgIpc) is 2.85. The minimum Gasteiger partial charge on any atom is -0.399 e. The number of hydrogen-bond acceptors (Lipinski definition) is 3. The van der Waals surface area contributed by atoms with Crippen LogP contribution in [0, 0.1) is 12.7 Å². The first kappa shape index (κ1) is 12.3. The lowest BCUT2D eigenvalue weighted by Crippen LogP contribution is -1.91. The van der Waals surface area contributed by atoms with Gasteiger partial charge < -0.3 is 5.73 Å². The molecule has 0 saturated carbocycles. The molecule has 5 heteroatoms. The lowest BCUT2D eigenvalue weighted by Gasteiger charge is -2.09. The molecule has 4 nitrogen and oxygen atoms in total. The third-order valence-electron chi connectivity index (χ3n) is 3.16. The van der Waals surface area contributed by atoms with Gasteiger partial charge in [-0.3, -0.25) is 5.10 Å². The largest absolute Gasteiger partial charge is 0.399 e. The Hall–Kier alpha value is -2.69. The highest BCUT2D eigenvalue weighted by atomic mass is 19.1. The van der Waals surface area contributed by atoms with Crippen LogP contribution in [0.1, 0.15) is 5.69 Å². The molecule has 0 radical (unpaired) electrons. The van der Waals surface area contributed by atoms with Crippen LogP contribution in [0.4, 0.5) is 10.1 Å². The van der Waals surface area contributed by atoms with Crippen molar-refractivity contribution >= 4 is 5.69 Å². The van der Waals surface area contributed by atoms with Crippen molar-refractivity contribution < 1.29 is 4.39 Å². The van der Waals surface area contributed by atoms with Crippen LogP contribution in [0.15, 0.2) is 42.5 Å². The minimum absolute atomic E-state index is 0.310. The molecule has 0 saturated heterocycles. The molecule has 3 aromatic rings. The van der Waals surface area contributed by atoms with Gasteiger partial charge in [0.15, 0.2) is 0 Å². The molecule has 20 heavy (non-hydrogen) atoms. The van der Waals surface area contributed by atoms with Crippen molar-refractivity contribution in [3.8, 4) is 22.4 Å². The van der Waals surface area contributed by atoms with Gasteiger partial charge in [-0.25, -0.2) is 4.39 Å². The van der Waals surface area contributed by atoms with E-state index in [-0.39, 0.29) is 5.82 Å². The van der Waals surface area contributed by atoms with E-state index < -0.39 is 0 Å². The van der Waals surface area contributed by atoms with Gasteiger partial charge in [0.2, 0.25) is 0 Å². The van der Waals surface area contributed by atoms with Crippen molar-refractivity contribution in [2.45, 2.75) is 6.92 Å². The van der Waals surface area contributed by atoms with Crippen molar-refractivity contribution in [1.29, 1.82) is 0 Å². The molecule has 3 rings (SSSR count). The van der Waals surface area contributed by atoms with Crippen LogP contribution in [0.3, 0.4) is 0 Å². The second-order valence-corrected chi connectivity index (χ2v) is 4.60. The molecule has 3 N–H and O–H groups in total. The molecule has 2 aromatic carbocycles. The predicted octanol–water partition coefficient (Wildman–Crippen LogP) is 3.17. The van der Waals surface area contributed by atoms with Crippen molar-refractivity contribution in [2.75, 3.05) is 5.73 Å². The van der Waals surface area contributed by atoms with E-state index in [9.17, 15) is 4.39 Å². The van der Waals surface area contributed by atoms with Gasteiger partial charge in [-0.1, -0.05) is 23.4 Å². The number of halogens is 1. The SMILES string of the molecule is Cc1[nH]nnc1-c1cc(F)ccc1-c1cccc(N)c1. The zero-order chi connectivity index (χ0) is 14.1. The number of nitrogen functional groups attached to an aromatic ring is 1. The molecule has 0 aliphatic rings. The standard InChI is InChI=1S/C15H13FN4/c1-9-15(19-20-18-9)14-8-11(16)5-6-13(14)10-3-2-4-12(17)7-10/h2-8H,17H2,1H3,(H,18,19,20). The molecular formula is C15H13FN4. The number of rotatable bonds is 2. The van der Waals surface area contributed by atoms with Crippen LogP contribution >= 0.6 is 0 Å². The van der Waals surface area contributed by atoms with Gasteiger partial charge in [0, 0.05) is 11.3 Å². The Bertz CT molecular complexity index is 764. The highest BCUT2D eigenvalue weighted by Crippen LogP contribution is 2.33. The Labute approximate surface area is 115 Å². The summed E-state index contributed by atoms with van der Waals surface area (Å²) in [6, 6.07) is 12.1. The number of benzene rings is 2. The molecule has 0 atom stereocenters. The number of hydrogen-bond donors (Lipinski definition) is 2. The molecule has 0 aliphatic heterocycles. The molecule has 1 aromatic heterocycles. The van der Waals surface area contributed by atoms with Gasteiger partial charge in [0.1, 0.15) is 11.5 Å². The number of nitrogens with zero attached hydrogens (tertiary/aromatic N) is 2. The molecule has 100 valence electrons. The van der Waals surface area contributed by atoms with Crippen LogP contribution in [0.2, 0.25) is 0 Å². The summed E-state index contributed by atoms with van der Waals surface area (Å²) in [5, 5.41) is 10.6. The second kappa shape index (κ2) is 4.77. The van der Waals surface area contributed by atoms with Crippen LogP contribution < -0.4 is 5.73 Å². The number of aromatic nitrogens is 3. The molecule has 0 bridgehead atoms. The highest BCUT2D eigenvalue weighted by Gasteiger charge is 2.13. The maximum absolute atomic E-state index is 13.6. The molecule has 0 unspecified atom stereocenters. The molecule has 0 amide bonds. The molecule has 1 heterocycles. The first-order chi connectivity index (χ1) is 9.65. The van der Waals surface area contributed by atoms with E-state index in [1.165, 1.54) is 12.1 Å². The first-order valence-electron chi connectivity index (χ1n) is 6.18. The zero-order valence-electron chi connectivity index (χ0n) is 10.9. The molecule has 0 spiro atoms. The number of anilines is 1. The monoisotopic (exact) mass is 268 g/mol. The van der Waals surface area contributed by atoms with Crippen LogP contribution in [0.5, 0.6) is 0 Å². The van der Waals surface area contributed by atoms with Gasteiger partial charge in [-0.2, -0.15) is 0 Å². The summed E-state index contributed by atoms with van der Waals surface area (Å²) in [7, 11) is 0. The lowest BCUT2D eigenvalue weighted by molar-refractivity contribution is 0.628. The Morgan fingerprint density at radius 1 is 1.10 bits per heavy atom. The van der Waals surface area contributed by atoms with Gasteiger partial charge in [-0.15, -0.1) is 5.10 Å². The van der Waals surface area contributed by atoms with E-state index in [1.807, 2.05) is 31.2 Å². The Morgan fingerprint density at radius 3 is 2.65 bits per heavy atom. The average molecular weight is 268 g/mol. The van der Waals surface area contributed by atoms with Gasteiger partial charge in [-0.05, 0) is 42.3 Å². The van der Waals surface area contributed by atoms with Crippen molar-refractivity contribution in [1.82, 2.24) is 15.4 Å². The van der Waals surface area contributed by atoms with Crippen molar-refractivity contribution in [3.05, 3.63) is 54.0 Å². The predicted molar refractivity (Wildman–Crippen MR) is 76.4 cm³/mol. The van der Waals surface area contributed by atoms with E-state index in [2.05, 4.69) is 15.4 Å². The summed E-state index contributed by atoms with van der Waals surface area (Å²) in [4.78, 5) is 0. The zero-order valence-corrected chi connectivity index (χ0v) is 10.9. The van der Waals surface area contributed by atoms with E-state index in [1.54, 1.807) is 6.07 Å².